The highest BCUT2D eigenvalue weighted by Gasteiger charge is 2.10. The van der Waals surface area contributed by atoms with Crippen molar-refractivity contribution in [3.8, 4) is 0 Å². The molecule has 2 heterocycles. The first-order chi connectivity index (χ1) is 9.60. The highest BCUT2D eigenvalue weighted by molar-refractivity contribution is 5.18. The molecule has 0 aliphatic carbocycles. The molecule has 0 unspecified atom stereocenters. The minimum absolute atomic E-state index is 0.0536. The molecule has 7 nitrogen and oxygen atoms in total. The largest absolute Gasteiger partial charge is 0.394 e. The lowest BCUT2D eigenvalue weighted by Crippen LogP contribution is -2.33. The number of aliphatic hydroxyl groups is 1. The van der Waals surface area contributed by atoms with Crippen LogP contribution >= 0.6 is 0 Å². The number of allylic oxidation sites excluding steroid dienone is 2. The summed E-state index contributed by atoms with van der Waals surface area (Å²) in [5.41, 5.74) is 0.652. The van der Waals surface area contributed by atoms with Gasteiger partial charge in [-0.1, -0.05) is 6.08 Å². The predicted molar refractivity (Wildman–Crippen MR) is 73.0 cm³/mol. The number of hydrogen-bond acceptors (Lipinski definition) is 5. The second kappa shape index (κ2) is 6.36. The summed E-state index contributed by atoms with van der Waals surface area (Å²) in [6.45, 7) is 2.69. The van der Waals surface area contributed by atoms with Crippen molar-refractivity contribution in [2.75, 3.05) is 19.8 Å². The average molecular weight is 279 g/mol. The lowest BCUT2D eigenvalue weighted by molar-refractivity contribution is -0.124. The van der Waals surface area contributed by atoms with Crippen LogP contribution in [0.25, 0.3) is 0 Å². The number of rotatable bonds is 5. The number of hydroxylamine groups is 2. The second-order valence-electron chi connectivity index (χ2n) is 4.50. The van der Waals surface area contributed by atoms with E-state index in [4.69, 9.17) is 9.94 Å². The molecule has 1 aliphatic rings. The van der Waals surface area contributed by atoms with E-state index in [-0.39, 0.29) is 18.8 Å². The average Bonchev–Trinajstić information content (AvgIpc) is 2.43. The van der Waals surface area contributed by atoms with Crippen LogP contribution in [-0.2, 0) is 11.4 Å². The molecule has 1 aromatic rings. The molecule has 0 amide bonds. The minimum atomic E-state index is -0.432. The quantitative estimate of drug-likeness (QED) is 0.760. The van der Waals surface area contributed by atoms with Crippen LogP contribution in [0.5, 0.6) is 0 Å². The van der Waals surface area contributed by atoms with Crippen LogP contribution in [0.1, 0.15) is 5.56 Å². The van der Waals surface area contributed by atoms with E-state index in [2.05, 4.69) is 4.98 Å². The van der Waals surface area contributed by atoms with Gasteiger partial charge in [0, 0.05) is 18.0 Å². The molecule has 7 heteroatoms. The first-order valence-corrected chi connectivity index (χ1v) is 6.27. The summed E-state index contributed by atoms with van der Waals surface area (Å²) in [6, 6.07) is 0. The molecule has 1 aliphatic heterocycles. The third-order valence-electron chi connectivity index (χ3n) is 2.85. The molecule has 20 heavy (non-hydrogen) atoms. The summed E-state index contributed by atoms with van der Waals surface area (Å²) >= 11 is 0. The Balaban J connectivity index is 2.09. The van der Waals surface area contributed by atoms with Crippen molar-refractivity contribution in [3.05, 3.63) is 56.5 Å². The number of aliphatic hydroxyl groups excluding tert-OH is 1. The Morgan fingerprint density at radius 1 is 1.45 bits per heavy atom. The summed E-state index contributed by atoms with van der Waals surface area (Å²) in [4.78, 5) is 30.6. The number of aromatic nitrogens is 2. The number of hydrogen-bond donors (Lipinski definition) is 2. The predicted octanol–water partition coefficient (Wildman–Crippen LogP) is -0.475. The molecule has 0 fully saturated rings. The number of H-pyrrole nitrogens is 1. The zero-order chi connectivity index (χ0) is 14.5. The molecule has 0 radical (unpaired) electrons. The molecule has 2 rings (SSSR count). The van der Waals surface area contributed by atoms with E-state index in [9.17, 15) is 9.59 Å². The van der Waals surface area contributed by atoms with Crippen molar-refractivity contribution in [1.29, 1.82) is 0 Å². The number of aryl methyl sites for hydroxylation is 1. The van der Waals surface area contributed by atoms with Crippen molar-refractivity contribution in [2.45, 2.75) is 13.5 Å². The Labute approximate surface area is 115 Å². The van der Waals surface area contributed by atoms with Gasteiger partial charge >= 0.3 is 5.69 Å². The van der Waals surface area contributed by atoms with Gasteiger partial charge in [0.25, 0.3) is 5.56 Å². The number of nitrogens with one attached hydrogen (secondary N) is 1. The fourth-order valence-electron chi connectivity index (χ4n) is 1.88. The topological polar surface area (TPSA) is 87.6 Å². The van der Waals surface area contributed by atoms with Gasteiger partial charge in [-0.2, -0.15) is 0 Å². The Morgan fingerprint density at radius 2 is 2.25 bits per heavy atom. The van der Waals surface area contributed by atoms with Gasteiger partial charge in [-0.3, -0.25) is 24.2 Å². The molecule has 0 spiro atoms. The van der Waals surface area contributed by atoms with Gasteiger partial charge in [0.15, 0.2) is 0 Å². The molecule has 2 N–H and O–H groups in total. The van der Waals surface area contributed by atoms with E-state index >= 15 is 0 Å². The van der Waals surface area contributed by atoms with E-state index in [0.29, 0.717) is 18.7 Å². The monoisotopic (exact) mass is 279 g/mol. The van der Waals surface area contributed by atoms with Crippen molar-refractivity contribution in [2.24, 2.45) is 0 Å². The van der Waals surface area contributed by atoms with Gasteiger partial charge in [-0.25, -0.2) is 4.79 Å². The molecule has 0 saturated heterocycles. The van der Waals surface area contributed by atoms with Gasteiger partial charge in [0.2, 0.25) is 0 Å². The molecule has 0 bridgehead atoms. The summed E-state index contributed by atoms with van der Waals surface area (Å²) in [6.07, 6.45) is 6.99. The van der Waals surface area contributed by atoms with Gasteiger partial charge < -0.3 is 5.11 Å². The summed E-state index contributed by atoms with van der Waals surface area (Å²) < 4.78 is 1.45. The van der Waals surface area contributed by atoms with Crippen LogP contribution < -0.4 is 11.2 Å². The fourth-order valence-corrected chi connectivity index (χ4v) is 1.88. The molecule has 0 atom stereocenters. The summed E-state index contributed by atoms with van der Waals surface area (Å²) in [7, 11) is 0. The Morgan fingerprint density at radius 3 is 3.00 bits per heavy atom. The van der Waals surface area contributed by atoms with E-state index in [1.807, 2.05) is 6.08 Å². The Bertz CT molecular complexity index is 642. The normalized spacial score (nSPS) is 14.5. The smallest absolute Gasteiger partial charge is 0.328 e. The maximum absolute atomic E-state index is 11.7. The molecule has 108 valence electrons. The summed E-state index contributed by atoms with van der Waals surface area (Å²) in [5.74, 6) is 0. The lowest BCUT2D eigenvalue weighted by Gasteiger charge is -2.23. The van der Waals surface area contributed by atoms with Crippen LogP contribution in [0.3, 0.4) is 0 Å². The van der Waals surface area contributed by atoms with Crippen LogP contribution in [0.15, 0.2) is 39.7 Å². The van der Waals surface area contributed by atoms with Crippen molar-refractivity contribution >= 4 is 0 Å². The van der Waals surface area contributed by atoms with Gasteiger partial charge in [-0.05, 0) is 18.6 Å². The van der Waals surface area contributed by atoms with Crippen LogP contribution in [-0.4, -0.2) is 39.5 Å². The fraction of sp³-hybridized carbons (Fsp3) is 0.385. The number of aromatic amines is 1. The molecule has 0 saturated carbocycles. The van der Waals surface area contributed by atoms with Gasteiger partial charge in [0.1, 0.15) is 0 Å². The van der Waals surface area contributed by atoms with E-state index in [1.165, 1.54) is 4.57 Å². The standard InChI is InChI=1S/C13H17N3O4/c1-10-7-15(13(19)14-12(10)18)8-11-3-2-4-16(9-11)20-6-5-17/h2-4,7,17H,5-6,8-9H2,1H3,(H,14,18,19). The molecular formula is C13H17N3O4. The third-order valence-corrected chi connectivity index (χ3v) is 2.85. The second-order valence-corrected chi connectivity index (χ2v) is 4.50. The van der Waals surface area contributed by atoms with Crippen LogP contribution in [0.4, 0.5) is 0 Å². The minimum Gasteiger partial charge on any atom is -0.394 e. The third kappa shape index (κ3) is 3.46. The lowest BCUT2D eigenvalue weighted by atomic mass is 10.2. The van der Waals surface area contributed by atoms with E-state index in [0.717, 1.165) is 5.57 Å². The van der Waals surface area contributed by atoms with E-state index < -0.39 is 5.69 Å². The molecule has 1 aromatic heterocycles. The van der Waals surface area contributed by atoms with E-state index in [1.54, 1.807) is 30.5 Å². The first kappa shape index (κ1) is 14.3. The van der Waals surface area contributed by atoms with Gasteiger partial charge in [-0.15, -0.1) is 0 Å². The van der Waals surface area contributed by atoms with Crippen LogP contribution in [0.2, 0.25) is 0 Å². The summed E-state index contributed by atoms with van der Waals surface area (Å²) in [5, 5.41) is 10.3. The highest BCUT2D eigenvalue weighted by atomic mass is 16.7. The number of nitrogens with zero attached hydrogens (tertiary/aromatic N) is 2. The van der Waals surface area contributed by atoms with Crippen LogP contribution in [0, 0.1) is 6.92 Å². The zero-order valence-corrected chi connectivity index (χ0v) is 11.2. The Kier molecular flexibility index (Phi) is 4.54. The van der Waals surface area contributed by atoms with Crippen molar-refractivity contribution in [1.82, 2.24) is 14.6 Å². The maximum atomic E-state index is 11.7. The van der Waals surface area contributed by atoms with Crippen molar-refractivity contribution in [3.63, 3.8) is 0 Å². The Hall–Kier alpha value is -2.12. The zero-order valence-electron chi connectivity index (χ0n) is 11.2. The SMILES string of the molecule is Cc1cn(CC2=CC=CN(OCCO)C2)c(=O)[nH]c1=O. The van der Waals surface area contributed by atoms with Crippen molar-refractivity contribution < 1.29 is 9.94 Å². The molecule has 0 aromatic carbocycles. The maximum Gasteiger partial charge on any atom is 0.328 e. The molecular weight excluding hydrogens is 262 g/mol. The highest BCUT2D eigenvalue weighted by Crippen LogP contribution is 2.09. The first-order valence-electron chi connectivity index (χ1n) is 6.27. The van der Waals surface area contributed by atoms with Gasteiger partial charge in [0.05, 0.1) is 26.3 Å².